The van der Waals surface area contributed by atoms with Crippen LogP contribution in [0.2, 0.25) is 0 Å². The van der Waals surface area contributed by atoms with Crippen molar-refractivity contribution in [2.24, 2.45) is 0 Å². The second-order valence-corrected chi connectivity index (χ2v) is 7.14. The maximum absolute atomic E-state index is 12.8. The van der Waals surface area contributed by atoms with Gasteiger partial charge in [0.1, 0.15) is 4.83 Å². The van der Waals surface area contributed by atoms with E-state index in [1.807, 2.05) is 0 Å². The predicted molar refractivity (Wildman–Crippen MR) is 91.4 cm³/mol. The molecule has 0 aromatic carbocycles. The van der Waals surface area contributed by atoms with Crippen molar-refractivity contribution in [2.75, 3.05) is 0 Å². The Balaban J connectivity index is 2.23. The molecule has 1 saturated carbocycles. The van der Waals surface area contributed by atoms with Gasteiger partial charge >= 0.3 is 5.69 Å². The van der Waals surface area contributed by atoms with Crippen molar-refractivity contribution < 1.29 is 4.79 Å². The van der Waals surface area contributed by atoms with E-state index in [1.54, 1.807) is 18.4 Å². The number of hydrogen-bond acceptors (Lipinski definition) is 5. The average molecular weight is 333 g/mol. The lowest BCUT2D eigenvalue weighted by Crippen LogP contribution is -2.39. The summed E-state index contributed by atoms with van der Waals surface area (Å²) < 4.78 is 2.97. The Morgan fingerprint density at radius 1 is 1.39 bits per heavy atom. The van der Waals surface area contributed by atoms with Gasteiger partial charge in [-0.2, -0.15) is 0 Å². The number of hydrogen-bond donors (Lipinski definition) is 1. The van der Waals surface area contributed by atoms with Crippen molar-refractivity contribution in [3.8, 4) is 0 Å². The van der Waals surface area contributed by atoms with E-state index in [-0.39, 0.29) is 17.3 Å². The van der Waals surface area contributed by atoms with Gasteiger partial charge < -0.3 is 5.41 Å². The summed E-state index contributed by atoms with van der Waals surface area (Å²) in [7, 11) is 0. The largest absolute Gasteiger partial charge is 0.332 e. The zero-order valence-electron chi connectivity index (χ0n) is 13.2. The van der Waals surface area contributed by atoms with E-state index in [0.29, 0.717) is 45.8 Å². The highest BCUT2D eigenvalue weighted by molar-refractivity contribution is 7.20. The molecule has 0 aliphatic heterocycles. The summed E-state index contributed by atoms with van der Waals surface area (Å²) in [6.45, 7) is 3.96. The van der Waals surface area contributed by atoms with Crippen LogP contribution in [0.4, 0.5) is 0 Å². The van der Waals surface area contributed by atoms with E-state index in [9.17, 15) is 14.4 Å². The summed E-state index contributed by atoms with van der Waals surface area (Å²) in [6.07, 6.45) is 3.73. The van der Waals surface area contributed by atoms with Crippen LogP contribution in [0, 0.1) is 12.3 Å². The lowest BCUT2D eigenvalue weighted by Gasteiger charge is -2.11. The number of aromatic nitrogens is 2. The van der Waals surface area contributed by atoms with Crippen LogP contribution in [0.3, 0.4) is 0 Å². The molecule has 0 atom stereocenters. The lowest BCUT2D eigenvalue weighted by atomic mass is 10.2. The number of rotatable bonds is 6. The molecule has 23 heavy (non-hydrogen) atoms. The van der Waals surface area contributed by atoms with Crippen molar-refractivity contribution in [3.05, 3.63) is 31.3 Å². The third-order valence-corrected chi connectivity index (χ3v) is 5.47. The minimum absolute atomic E-state index is 0.00546. The predicted octanol–water partition coefficient (Wildman–Crippen LogP) is 2.50. The zero-order chi connectivity index (χ0) is 16.7. The van der Waals surface area contributed by atoms with Gasteiger partial charge in [-0.1, -0.05) is 0 Å². The van der Waals surface area contributed by atoms with Crippen LogP contribution in [0.5, 0.6) is 0 Å². The third kappa shape index (κ3) is 2.69. The fourth-order valence-electron chi connectivity index (χ4n) is 2.85. The summed E-state index contributed by atoms with van der Waals surface area (Å²) >= 11 is 1.21. The van der Waals surface area contributed by atoms with Gasteiger partial charge in [0, 0.05) is 18.3 Å². The Bertz CT molecular complexity index is 915. The molecule has 0 bridgehead atoms. The molecule has 1 fully saturated rings. The van der Waals surface area contributed by atoms with Crippen LogP contribution in [0.25, 0.3) is 10.2 Å². The highest BCUT2D eigenvalue weighted by Gasteiger charge is 2.30. The Hall–Kier alpha value is -2.02. The van der Waals surface area contributed by atoms with Gasteiger partial charge in [-0.15, -0.1) is 11.3 Å². The molecule has 6 nitrogen and oxygen atoms in total. The van der Waals surface area contributed by atoms with Gasteiger partial charge in [-0.25, -0.2) is 4.79 Å². The van der Waals surface area contributed by atoms with E-state index in [2.05, 4.69) is 0 Å². The van der Waals surface area contributed by atoms with Crippen molar-refractivity contribution in [3.63, 3.8) is 0 Å². The highest BCUT2D eigenvalue weighted by Crippen LogP contribution is 2.34. The first-order valence-corrected chi connectivity index (χ1v) is 8.55. The van der Waals surface area contributed by atoms with Crippen molar-refractivity contribution in [1.29, 1.82) is 5.41 Å². The first kappa shape index (κ1) is 15.9. The normalized spacial score (nSPS) is 14.3. The summed E-state index contributed by atoms with van der Waals surface area (Å²) in [5.74, 6) is 0. The molecule has 0 unspecified atom stereocenters. The Morgan fingerprint density at radius 3 is 2.65 bits per heavy atom. The fourth-order valence-corrected chi connectivity index (χ4v) is 3.98. The van der Waals surface area contributed by atoms with Crippen molar-refractivity contribution in [1.82, 2.24) is 9.13 Å². The Labute approximate surface area is 136 Å². The molecule has 2 aromatic rings. The molecule has 2 aromatic heterocycles. The molecule has 0 spiro atoms. The standard InChI is InChI=1S/C16H19N3O3S/c1-9(17)4-3-7-18-15-13(10(2)12(8-20)23-15)14(21)19(16(18)22)11-5-6-11/h8,11,17H,3-7H2,1-2H3. The maximum Gasteiger partial charge on any atom is 0.332 e. The average Bonchev–Trinajstić information content (AvgIpc) is 3.26. The first-order valence-electron chi connectivity index (χ1n) is 7.73. The van der Waals surface area contributed by atoms with E-state index in [0.717, 1.165) is 19.1 Å². The molecule has 1 N–H and O–H groups in total. The molecule has 0 radical (unpaired) electrons. The Kier molecular flexibility index (Phi) is 4.06. The van der Waals surface area contributed by atoms with E-state index < -0.39 is 0 Å². The number of aldehydes is 1. The summed E-state index contributed by atoms with van der Waals surface area (Å²) in [5, 5.41) is 8.01. The minimum Gasteiger partial charge on any atom is -0.310 e. The summed E-state index contributed by atoms with van der Waals surface area (Å²) in [5.41, 5.74) is 0.678. The van der Waals surface area contributed by atoms with Gasteiger partial charge in [-0.05, 0) is 45.1 Å². The van der Waals surface area contributed by atoms with Crippen LogP contribution < -0.4 is 11.2 Å². The smallest absolute Gasteiger partial charge is 0.310 e. The number of carbonyl (C=O) groups is 1. The second-order valence-electron chi connectivity index (χ2n) is 6.11. The molecule has 0 amide bonds. The van der Waals surface area contributed by atoms with Gasteiger partial charge in [0.05, 0.1) is 10.3 Å². The molecule has 1 aliphatic carbocycles. The number of thiophene rings is 1. The maximum atomic E-state index is 12.8. The molecule has 2 heterocycles. The summed E-state index contributed by atoms with van der Waals surface area (Å²) in [4.78, 5) is 37.8. The van der Waals surface area contributed by atoms with Crippen molar-refractivity contribution >= 4 is 33.6 Å². The second kappa shape index (κ2) is 5.88. The molecule has 0 saturated heterocycles. The van der Waals surface area contributed by atoms with Gasteiger partial charge in [0.15, 0.2) is 6.29 Å². The monoisotopic (exact) mass is 333 g/mol. The molecule has 122 valence electrons. The first-order chi connectivity index (χ1) is 11.0. The molecule has 1 aliphatic rings. The highest BCUT2D eigenvalue weighted by atomic mass is 32.1. The number of carbonyl (C=O) groups excluding carboxylic acids is 1. The quantitative estimate of drug-likeness (QED) is 0.651. The number of nitrogens with one attached hydrogen (secondary N) is 1. The molecular formula is C16H19N3O3S. The Morgan fingerprint density at radius 2 is 2.09 bits per heavy atom. The number of fused-ring (bicyclic) bond motifs is 1. The molecule has 7 heteroatoms. The van der Waals surface area contributed by atoms with Crippen LogP contribution in [0.1, 0.15) is 53.9 Å². The van der Waals surface area contributed by atoms with Crippen LogP contribution in [-0.2, 0) is 6.54 Å². The zero-order valence-corrected chi connectivity index (χ0v) is 14.0. The van der Waals surface area contributed by atoms with E-state index in [1.165, 1.54) is 15.9 Å². The molecular weight excluding hydrogens is 314 g/mol. The van der Waals surface area contributed by atoms with Crippen LogP contribution >= 0.6 is 11.3 Å². The minimum atomic E-state index is -0.286. The van der Waals surface area contributed by atoms with Crippen LogP contribution in [0.15, 0.2) is 9.59 Å². The van der Waals surface area contributed by atoms with Crippen LogP contribution in [-0.4, -0.2) is 21.1 Å². The molecule has 3 rings (SSSR count). The lowest BCUT2D eigenvalue weighted by molar-refractivity contribution is 0.112. The van der Waals surface area contributed by atoms with Crippen molar-refractivity contribution in [2.45, 2.75) is 52.1 Å². The summed E-state index contributed by atoms with van der Waals surface area (Å²) in [6, 6.07) is -0.00546. The fraction of sp³-hybridized carbons (Fsp3) is 0.500. The third-order valence-electron chi connectivity index (χ3n) is 4.23. The van der Waals surface area contributed by atoms with Gasteiger partial charge in [-0.3, -0.25) is 18.7 Å². The topological polar surface area (TPSA) is 84.9 Å². The van der Waals surface area contributed by atoms with Gasteiger partial charge in [0.2, 0.25) is 0 Å². The SMILES string of the molecule is CC(=N)CCCn1c(=O)n(C2CC2)c(=O)c2c(C)c(C=O)sc21. The number of nitrogens with zero attached hydrogens (tertiary/aromatic N) is 2. The van der Waals surface area contributed by atoms with Gasteiger partial charge in [0.25, 0.3) is 5.56 Å². The number of aryl methyl sites for hydroxylation is 2. The van der Waals surface area contributed by atoms with E-state index >= 15 is 0 Å². The van der Waals surface area contributed by atoms with E-state index in [4.69, 9.17) is 5.41 Å².